The van der Waals surface area contributed by atoms with Crippen LogP contribution in [0.4, 0.5) is 4.39 Å². The van der Waals surface area contributed by atoms with Crippen molar-refractivity contribution in [3.63, 3.8) is 0 Å². The Morgan fingerprint density at radius 3 is 2.61 bits per heavy atom. The van der Waals surface area contributed by atoms with Gasteiger partial charge < -0.3 is 15.0 Å². The van der Waals surface area contributed by atoms with Gasteiger partial charge in [-0.3, -0.25) is 14.2 Å². The second kappa shape index (κ2) is 10.6. The molecule has 1 N–H and O–H groups in total. The summed E-state index contributed by atoms with van der Waals surface area (Å²) in [7, 11) is 4.01. The average molecular weight is 455 g/mol. The van der Waals surface area contributed by atoms with Crippen molar-refractivity contribution in [2.75, 3.05) is 27.2 Å². The van der Waals surface area contributed by atoms with Gasteiger partial charge in [0.1, 0.15) is 23.9 Å². The van der Waals surface area contributed by atoms with Crippen molar-refractivity contribution in [2.45, 2.75) is 33.4 Å². The van der Waals surface area contributed by atoms with Crippen LogP contribution in [0.15, 0.2) is 47.3 Å². The highest BCUT2D eigenvalue weighted by Crippen LogP contribution is 2.23. The fourth-order valence-corrected chi connectivity index (χ4v) is 3.71. The number of rotatable bonds is 9. The maximum atomic E-state index is 13.9. The van der Waals surface area contributed by atoms with E-state index in [1.54, 1.807) is 30.3 Å². The Labute approximate surface area is 193 Å². The lowest BCUT2D eigenvalue weighted by Crippen LogP contribution is -2.37. The van der Waals surface area contributed by atoms with E-state index in [4.69, 9.17) is 4.74 Å². The summed E-state index contributed by atoms with van der Waals surface area (Å²) in [6.45, 7) is 6.93. The Balaban J connectivity index is 2.04. The van der Waals surface area contributed by atoms with E-state index >= 15 is 0 Å². The van der Waals surface area contributed by atoms with Crippen LogP contribution >= 0.6 is 0 Å². The van der Waals surface area contributed by atoms with E-state index in [0.29, 0.717) is 34.7 Å². The number of fused-ring (bicyclic) bond motifs is 1. The molecule has 0 aliphatic heterocycles. The van der Waals surface area contributed by atoms with Crippen LogP contribution in [0, 0.1) is 11.7 Å². The minimum atomic E-state index is -0.449. The predicted molar refractivity (Wildman–Crippen MR) is 128 cm³/mol. The summed E-state index contributed by atoms with van der Waals surface area (Å²) < 4.78 is 21.1. The predicted octanol–water partition coefficient (Wildman–Crippen LogP) is 3.30. The highest BCUT2D eigenvalue weighted by Gasteiger charge is 2.17. The maximum absolute atomic E-state index is 13.9. The van der Waals surface area contributed by atoms with Gasteiger partial charge >= 0.3 is 0 Å². The topological polar surface area (TPSA) is 76.5 Å². The van der Waals surface area contributed by atoms with E-state index in [0.717, 1.165) is 6.54 Å². The number of ether oxygens (including phenoxy) is 1. The zero-order chi connectivity index (χ0) is 24.1. The second-order valence-electron chi connectivity index (χ2n) is 8.92. The summed E-state index contributed by atoms with van der Waals surface area (Å²) >= 11 is 0. The third-order valence-corrected chi connectivity index (χ3v) is 4.97. The number of hydrogen-bond donors (Lipinski definition) is 1. The molecular weight excluding hydrogens is 423 g/mol. The van der Waals surface area contributed by atoms with Gasteiger partial charge in [0.15, 0.2) is 0 Å². The zero-order valence-electron chi connectivity index (χ0n) is 19.8. The SMILES string of the molecule is CC(C)NC(=O)Cn1c(-c2cccc(F)c2)nc2ccc(OC[C@@H](C)CN(C)C)cc2c1=O. The van der Waals surface area contributed by atoms with Gasteiger partial charge in [-0.25, -0.2) is 9.37 Å². The Morgan fingerprint density at radius 1 is 1.18 bits per heavy atom. The molecule has 0 aliphatic rings. The van der Waals surface area contributed by atoms with E-state index in [-0.39, 0.29) is 29.9 Å². The van der Waals surface area contributed by atoms with E-state index in [2.05, 4.69) is 22.1 Å². The summed E-state index contributed by atoms with van der Waals surface area (Å²) in [6, 6.07) is 10.9. The molecule has 0 spiro atoms. The van der Waals surface area contributed by atoms with Crippen molar-refractivity contribution < 1.29 is 13.9 Å². The van der Waals surface area contributed by atoms with Crippen molar-refractivity contribution in [3.8, 4) is 17.1 Å². The first-order valence-corrected chi connectivity index (χ1v) is 11.0. The van der Waals surface area contributed by atoms with E-state index < -0.39 is 5.82 Å². The number of carbonyl (C=O) groups is 1. The molecule has 1 amide bonds. The molecule has 1 heterocycles. The minimum absolute atomic E-state index is 0.0802. The fraction of sp³-hybridized carbons (Fsp3) is 0.400. The molecule has 1 atom stereocenters. The number of carbonyl (C=O) groups excluding carboxylic acids is 1. The second-order valence-corrected chi connectivity index (χ2v) is 8.92. The van der Waals surface area contributed by atoms with Crippen LogP contribution in [0.2, 0.25) is 0 Å². The summed E-state index contributed by atoms with van der Waals surface area (Å²) in [5.41, 5.74) is 0.489. The molecule has 0 saturated carbocycles. The van der Waals surface area contributed by atoms with Crippen LogP contribution < -0.4 is 15.6 Å². The van der Waals surface area contributed by atoms with Gasteiger partial charge in [-0.1, -0.05) is 19.1 Å². The first-order chi connectivity index (χ1) is 15.6. The van der Waals surface area contributed by atoms with Crippen LogP contribution in [-0.4, -0.2) is 53.6 Å². The molecule has 0 bridgehead atoms. The van der Waals surface area contributed by atoms with Gasteiger partial charge in [-0.15, -0.1) is 0 Å². The smallest absolute Gasteiger partial charge is 0.262 e. The fourth-order valence-electron chi connectivity index (χ4n) is 3.71. The molecular formula is C25H31FN4O3. The summed E-state index contributed by atoms with van der Waals surface area (Å²) in [5, 5.41) is 3.13. The molecule has 2 aromatic carbocycles. The zero-order valence-corrected chi connectivity index (χ0v) is 19.8. The summed E-state index contributed by atoms with van der Waals surface area (Å²) in [5.74, 6) is 0.329. The summed E-state index contributed by atoms with van der Waals surface area (Å²) in [4.78, 5) is 32.6. The standard InChI is InChI=1S/C25H31FN4O3/c1-16(2)27-23(31)14-30-24(18-7-6-8-19(26)11-18)28-22-10-9-20(12-21(22)25(30)32)33-15-17(3)13-29(4)5/h6-12,16-17H,13-15H2,1-5H3,(H,27,31)/t17-/m0/s1. The van der Waals surface area contributed by atoms with Gasteiger partial charge in [-0.2, -0.15) is 0 Å². The normalized spacial score (nSPS) is 12.4. The Hall–Kier alpha value is -3.26. The first-order valence-electron chi connectivity index (χ1n) is 11.0. The van der Waals surface area contributed by atoms with E-state index in [1.807, 2.05) is 27.9 Å². The van der Waals surface area contributed by atoms with Gasteiger partial charge in [-0.05, 0) is 58.3 Å². The number of nitrogens with one attached hydrogen (secondary N) is 1. The number of halogens is 1. The molecule has 7 nitrogen and oxygen atoms in total. The molecule has 0 unspecified atom stereocenters. The lowest BCUT2D eigenvalue weighted by Gasteiger charge is -2.18. The molecule has 33 heavy (non-hydrogen) atoms. The van der Waals surface area contributed by atoms with Gasteiger partial charge in [0, 0.05) is 24.1 Å². The molecule has 1 aromatic heterocycles. The van der Waals surface area contributed by atoms with Crippen LogP contribution in [0.25, 0.3) is 22.3 Å². The van der Waals surface area contributed by atoms with Crippen molar-refractivity contribution in [2.24, 2.45) is 5.92 Å². The molecule has 3 rings (SSSR count). The van der Waals surface area contributed by atoms with Gasteiger partial charge in [0.25, 0.3) is 5.56 Å². The molecule has 3 aromatic rings. The summed E-state index contributed by atoms with van der Waals surface area (Å²) in [6.07, 6.45) is 0. The average Bonchev–Trinajstić information content (AvgIpc) is 2.73. The largest absolute Gasteiger partial charge is 0.493 e. The Kier molecular flexibility index (Phi) is 7.81. The van der Waals surface area contributed by atoms with Crippen molar-refractivity contribution in [1.82, 2.24) is 19.8 Å². The molecule has 0 fully saturated rings. The van der Waals surface area contributed by atoms with Crippen molar-refractivity contribution in [3.05, 3.63) is 58.6 Å². The number of aromatic nitrogens is 2. The highest BCUT2D eigenvalue weighted by atomic mass is 19.1. The number of amides is 1. The molecule has 0 saturated heterocycles. The Morgan fingerprint density at radius 2 is 1.94 bits per heavy atom. The monoisotopic (exact) mass is 454 g/mol. The van der Waals surface area contributed by atoms with Crippen molar-refractivity contribution in [1.29, 1.82) is 0 Å². The third kappa shape index (κ3) is 6.38. The minimum Gasteiger partial charge on any atom is -0.493 e. The first kappa shape index (κ1) is 24.4. The number of hydrogen-bond acceptors (Lipinski definition) is 5. The van der Waals surface area contributed by atoms with Crippen molar-refractivity contribution >= 4 is 16.8 Å². The molecule has 0 radical (unpaired) electrons. The molecule has 176 valence electrons. The van der Waals surface area contributed by atoms with Crippen LogP contribution in [0.3, 0.4) is 0 Å². The van der Waals surface area contributed by atoms with Gasteiger partial charge in [0.05, 0.1) is 17.5 Å². The van der Waals surface area contributed by atoms with Gasteiger partial charge in [0.2, 0.25) is 5.91 Å². The maximum Gasteiger partial charge on any atom is 0.262 e. The Bertz CT molecular complexity index is 1190. The number of nitrogens with zero attached hydrogens (tertiary/aromatic N) is 3. The van der Waals surface area contributed by atoms with E-state index in [9.17, 15) is 14.0 Å². The number of benzene rings is 2. The van der Waals surface area contributed by atoms with Crippen LogP contribution in [0.1, 0.15) is 20.8 Å². The van der Waals surface area contributed by atoms with Crippen LogP contribution in [-0.2, 0) is 11.3 Å². The van der Waals surface area contributed by atoms with Crippen LogP contribution in [0.5, 0.6) is 5.75 Å². The molecule has 0 aliphatic carbocycles. The lowest BCUT2D eigenvalue weighted by molar-refractivity contribution is -0.122. The lowest BCUT2D eigenvalue weighted by atomic mass is 10.1. The van der Waals surface area contributed by atoms with E-state index in [1.165, 1.54) is 16.7 Å². The quantitative estimate of drug-likeness (QED) is 0.537. The molecule has 8 heteroatoms. The highest BCUT2D eigenvalue weighted by molar-refractivity contribution is 5.83. The third-order valence-electron chi connectivity index (χ3n) is 4.97.